The highest BCUT2D eigenvalue weighted by molar-refractivity contribution is 7.90. The molecule has 1 aliphatic heterocycles. The topological polar surface area (TPSA) is 123 Å². The number of rotatable bonds is 5. The fraction of sp³-hybridized carbons (Fsp3) is 0.375. The number of alkyl halides is 3. The van der Waals surface area contributed by atoms with Crippen molar-refractivity contribution in [3.8, 4) is 5.88 Å². The molecule has 0 N–H and O–H groups in total. The van der Waals surface area contributed by atoms with Gasteiger partial charge in [0.15, 0.2) is 9.84 Å². The van der Waals surface area contributed by atoms with Crippen LogP contribution in [0.25, 0.3) is 10.9 Å². The molecule has 1 aliphatic carbocycles. The Bertz CT molecular complexity index is 1520. The number of hydrogen-bond acceptors (Lipinski definition) is 8. The number of imide groups is 1. The van der Waals surface area contributed by atoms with Gasteiger partial charge in [-0.2, -0.15) is 13.2 Å². The Morgan fingerprint density at radius 2 is 1.76 bits per heavy atom. The lowest BCUT2D eigenvalue weighted by Gasteiger charge is -2.33. The molecule has 0 spiro atoms. The van der Waals surface area contributed by atoms with Crippen LogP contribution in [0, 0.1) is 0 Å². The number of halogens is 3. The van der Waals surface area contributed by atoms with E-state index < -0.39 is 39.6 Å². The van der Waals surface area contributed by atoms with Crippen LogP contribution in [0.15, 0.2) is 47.9 Å². The van der Waals surface area contributed by atoms with Gasteiger partial charge >= 0.3 is 12.2 Å². The maximum atomic E-state index is 13.1. The molecule has 0 bridgehead atoms. The number of benzene rings is 1. The predicted molar refractivity (Wildman–Crippen MR) is 128 cm³/mol. The third kappa shape index (κ3) is 4.99. The van der Waals surface area contributed by atoms with Crippen LogP contribution in [0.4, 0.5) is 23.7 Å². The quantitative estimate of drug-likeness (QED) is 0.443. The van der Waals surface area contributed by atoms with E-state index >= 15 is 0 Å². The molecule has 5 rings (SSSR count). The first kappa shape index (κ1) is 25.8. The molecule has 1 saturated heterocycles. The highest BCUT2D eigenvalue weighted by Crippen LogP contribution is 2.34. The van der Waals surface area contributed by atoms with E-state index in [0.717, 1.165) is 28.3 Å². The Labute approximate surface area is 215 Å². The summed E-state index contributed by atoms with van der Waals surface area (Å²) < 4.78 is 69.3. The normalized spacial score (nSPS) is 20.8. The average molecular weight is 550 g/mol. The second kappa shape index (κ2) is 9.49. The van der Waals surface area contributed by atoms with Gasteiger partial charge in [-0.25, -0.2) is 23.2 Å². The molecule has 1 aromatic carbocycles. The number of carbonyl (C=O) groups is 2. The van der Waals surface area contributed by atoms with E-state index in [1.54, 1.807) is 6.07 Å². The van der Waals surface area contributed by atoms with Crippen molar-refractivity contribution in [2.24, 2.45) is 0 Å². The molecule has 3 amide bonds. The van der Waals surface area contributed by atoms with Crippen molar-refractivity contribution in [2.45, 2.75) is 48.9 Å². The van der Waals surface area contributed by atoms with Gasteiger partial charge in [0, 0.05) is 18.5 Å². The summed E-state index contributed by atoms with van der Waals surface area (Å²) in [4.78, 5) is 39.9. The smallest absolute Gasteiger partial charge is 0.417 e. The lowest BCUT2D eigenvalue weighted by molar-refractivity contribution is -0.137. The number of fused-ring (bicyclic) bond motifs is 1. The maximum Gasteiger partial charge on any atom is 0.417 e. The number of amides is 3. The van der Waals surface area contributed by atoms with Crippen LogP contribution >= 0.6 is 0 Å². The fourth-order valence-electron chi connectivity index (χ4n) is 4.72. The minimum Gasteiger partial charge on any atom is -0.474 e. The van der Waals surface area contributed by atoms with Crippen LogP contribution in [0.2, 0.25) is 0 Å². The van der Waals surface area contributed by atoms with E-state index in [1.807, 2.05) is 0 Å². The van der Waals surface area contributed by atoms with Gasteiger partial charge < -0.3 is 4.74 Å². The molecule has 0 radical (unpaired) electrons. The number of ether oxygens (including phenoxy) is 1. The number of sulfone groups is 1. The van der Waals surface area contributed by atoms with Crippen LogP contribution in [0.1, 0.15) is 31.2 Å². The van der Waals surface area contributed by atoms with E-state index in [9.17, 15) is 31.2 Å². The van der Waals surface area contributed by atoms with Crippen molar-refractivity contribution in [1.29, 1.82) is 0 Å². The largest absolute Gasteiger partial charge is 0.474 e. The number of carbonyl (C=O) groups excluding carboxylic acids is 2. The number of urea groups is 1. The first-order valence-electron chi connectivity index (χ1n) is 11.7. The third-order valence-corrected chi connectivity index (χ3v) is 7.76. The summed E-state index contributed by atoms with van der Waals surface area (Å²) in [7, 11) is -3.45. The first-order chi connectivity index (χ1) is 17.9. The summed E-state index contributed by atoms with van der Waals surface area (Å²) >= 11 is 0. The van der Waals surface area contributed by atoms with Gasteiger partial charge in [-0.15, -0.1) is 0 Å². The lowest BCUT2D eigenvalue weighted by Crippen LogP contribution is -2.44. The van der Waals surface area contributed by atoms with E-state index in [2.05, 4.69) is 15.0 Å². The molecule has 2 aromatic heterocycles. The van der Waals surface area contributed by atoms with Crippen molar-refractivity contribution < 1.29 is 35.9 Å². The highest BCUT2D eigenvalue weighted by atomic mass is 32.2. The van der Waals surface area contributed by atoms with Gasteiger partial charge in [-0.05, 0) is 49.9 Å². The number of anilines is 1. The second-order valence-corrected chi connectivity index (χ2v) is 11.3. The summed E-state index contributed by atoms with van der Waals surface area (Å²) in [5.74, 6) is -0.257. The maximum absolute atomic E-state index is 13.1. The summed E-state index contributed by atoms with van der Waals surface area (Å²) in [5.41, 5.74) is -0.581. The van der Waals surface area contributed by atoms with Crippen LogP contribution in [-0.4, -0.2) is 65.2 Å². The van der Waals surface area contributed by atoms with Gasteiger partial charge in [0.1, 0.15) is 19.0 Å². The summed E-state index contributed by atoms with van der Waals surface area (Å²) in [6.45, 7) is -0.367. The summed E-state index contributed by atoms with van der Waals surface area (Å²) in [6, 6.07) is 4.18. The monoisotopic (exact) mass is 549 g/mol. The van der Waals surface area contributed by atoms with Crippen molar-refractivity contribution in [3.05, 3.63) is 48.5 Å². The van der Waals surface area contributed by atoms with Crippen LogP contribution in [0.5, 0.6) is 5.88 Å². The highest BCUT2D eigenvalue weighted by Gasteiger charge is 2.43. The molecule has 3 heterocycles. The van der Waals surface area contributed by atoms with E-state index in [1.165, 1.54) is 18.5 Å². The standard InChI is InChI=1S/C24H22F3N5O5S/c1-38(35,36)18-6-7-20-19(9-18)22(30-13-29-20)37-17-4-2-15(3-5-17)32-21(33)12-31(23(32)34)16-8-14(10-28-11-16)24(25,26)27/h6-11,13,15,17H,2-5,12H2,1H3. The van der Waals surface area contributed by atoms with Gasteiger partial charge in [0.2, 0.25) is 5.88 Å². The number of aromatic nitrogens is 3. The Kier molecular flexibility index (Phi) is 6.45. The lowest BCUT2D eigenvalue weighted by atomic mass is 9.92. The third-order valence-electron chi connectivity index (χ3n) is 6.65. The molecular formula is C24H22F3N5O5S. The van der Waals surface area contributed by atoms with Gasteiger partial charge in [0.05, 0.1) is 33.2 Å². The van der Waals surface area contributed by atoms with E-state index in [0.29, 0.717) is 42.8 Å². The number of hydrogen-bond donors (Lipinski definition) is 0. The zero-order chi connectivity index (χ0) is 27.2. The van der Waals surface area contributed by atoms with Crippen LogP contribution in [0.3, 0.4) is 0 Å². The Morgan fingerprint density at radius 3 is 2.45 bits per heavy atom. The van der Waals surface area contributed by atoms with E-state index in [4.69, 9.17) is 4.74 Å². The molecule has 0 unspecified atom stereocenters. The average Bonchev–Trinajstić information content (AvgIpc) is 3.17. The zero-order valence-electron chi connectivity index (χ0n) is 20.1. The van der Waals surface area contributed by atoms with Crippen molar-refractivity contribution >= 4 is 38.4 Å². The molecule has 14 heteroatoms. The first-order valence-corrected chi connectivity index (χ1v) is 13.6. The molecule has 1 saturated carbocycles. The molecule has 10 nitrogen and oxygen atoms in total. The minimum atomic E-state index is -4.63. The van der Waals surface area contributed by atoms with Crippen molar-refractivity contribution in [1.82, 2.24) is 19.9 Å². The molecule has 2 fully saturated rings. The second-order valence-electron chi connectivity index (χ2n) is 9.24. The summed E-state index contributed by atoms with van der Waals surface area (Å²) in [6.07, 6.45) is 1.08. The van der Waals surface area contributed by atoms with Gasteiger partial charge in [-0.1, -0.05) is 0 Å². The molecule has 0 atom stereocenters. The summed E-state index contributed by atoms with van der Waals surface area (Å²) in [5, 5.41) is 0.452. The Balaban J connectivity index is 1.27. The predicted octanol–water partition coefficient (Wildman–Crippen LogP) is 3.61. The van der Waals surface area contributed by atoms with Crippen LogP contribution < -0.4 is 9.64 Å². The van der Waals surface area contributed by atoms with Crippen molar-refractivity contribution in [3.63, 3.8) is 0 Å². The Morgan fingerprint density at radius 1 is 1.03 bits per heavy atom. The van der Waals surface area contributed by atoms with Crippen LogP contribution in [-0.2, 0) is 20.8 Å². The van der Waals surface area contributed by atoms with Crippen molar-refractivity contribution in [2.75, 3.05) is 17.7 Å². The number of nitrogens with zero attached hydrogens (tertiary/aromatic N) is 5. The molecule has 38 heavy (non-hydrogen) atoms. The molecule has 200 valence electrons. The van der Waals surface area contributed by atoms with Gasteiger partial charge in [-0.3, -0.25) is 19.6 Å². The molecule has 3 aromatic rings. The van der Waals surface area contributed by atoms with Gasteiger partial charge in [0.25, 0.3) is 5.91 Å². The zero-order valence-corrected chi connectivity index (χ0v) is 20.9. The SMILES string of the molecule is CS(=O)(=O)c1ccc2ncnc(OC3CCC(N4C(=O)CN(c5cncc(C(F)(F)F)c5)C4=O)CC3)c2c1. The van der Waals surface area contributed by atoms with E-state index in [-0.39, 0.29) is 29.1 Å². The molecular weight excluding hydrogens is 527 g/mol. The molecule has 2 aliphatic rings. The minimum absolute atomic E-state index is 0.0956. The fourth-order valence-corrected chi connectivity index (χ4v) is 5.37. The number of pyridine rings is 1. The Hall–Kier alpha value is -3.81.